The van der Waals surface area contributed by atoms with Crippen LogP contribution in [0.1, 0.15) is 44.9 Å². The van der Waals surface area contributed by atoms with Gasteiger partial charge in [-0.3, -0.25) is 4.79 Å². The average Bonchev–Trinajstić information content (AvgIpc) is 2.87. The predicted molar refractivity (Wildman–Crippen MR) is 75.6 cm³/mol. The van der Waals surface area contributed by atoms with Crippen LogP contribution in [0.2, 0.25) is 0 Å². The fourth-order valence-electron chi connectivity index (χ4n) is 3.28. The molecule has 1 heterocycles. The van der Waals surface area contributed by atoms with Crippen LogP contribution < -0.4 is 5.32 Å². The average molecular weight is 304 g/mol. The van der Waals surface area contributed by atoms with E-state index in [9.17, 15) is 18.3 Å². The van der Waals surface area contributed by atoms with E-state index >= 15 is 0 Å². The van der Waals surface area contributed by atoms with Crippen LogP contribution in [0.25, 0.3) is 0 Å². The minimum Gasteiger partial charge on any atom is -0.394 e. The number of carbonyl (C=O) groups is 1. The molecule has 1 saturated heterocycles. The van der Waals surface area contributed by atoms with Crippen LogP contribution in [0.5, 0.6) is 0 Å². The van der Waals surface area contributed by atoms with Crippen molar-refractivity contribution in [3.63, 3.8) is 0 Å². The monoisotopic (exact) mass is 304 g/mol. The van der Waals surface area contributed by atoms with Gasteiger partial charge in [-0.15, -0.1) is 0 Å². The van der Waals surface area contributed by atoms with Crippen molar-refractivity contribution in [2.45, 2.75) is 56.5 Å². The first-order valence-corrected chi connectivity index (χ1v) is 9.12. The quantitative estimate of drug-likeness (QED) is 0.778. The van der Waals surface area contributed by atoms with Gasteiger partial charge in [0, 0.05) is 6.54 Å². The molecule has 1 unspecified atom stereocenters. The number of aliphatic hydroxyl groups is 1. The highest BCUT2D eigenvalue weighted by Crippen LogP contribution is 2.30. The molecule has 1 aliphatic carbocycles. The van der Waals surface area contributed by atoms with E-state index in [0.29, 0.717) is 13.0 Å². The number of hydrogen-bond acceptors (Lipinski definition) is 4. The Labute approximate surface area is 120 Å². The van der Waals surface area contributed by atoms with Crippen molar-refractivity contribution in [2.24, 2.45) is 0 Å². The molecule has 6 nitrogen and oxygen atoms in total. The Hall–Kier alpha value is -0.660. The molecule has 2 aliphatic rings. The Balaban J connectivity index is 2.10. The normalized spacial score (nSPS) is 27.4. The van der Waals surface area contributed by atoms with E-state index in [0.717, 1.165) is 44.8 Å². The van der Waals surface area contributed by atoms with Crippen LogP contribution in [-0.2, 0) is 14.8 Å². The van der Waals surface area contributed by atoms with Crippen molar-refractivity contribution in [1.82, 2.24) is 9.62 Å². The second kappa shape index (κ2) is 5.99. The first kappa shape index (κ1) is 15.7. The summed E-state index contributed by atoms with van der Waals surface area (Å²) in [6.07, 6.45) is 6.86. The zero-order valence-corrected chi connectivity index (χ0v) is 12.8. The van der Waals surface area contributed by atoms with Crippen LogP contribution >= 0.6 is 0 Å². The summed E-state index contributed by atoms with van der Waals surface area (Å²) >= 11 is 0. The number of nitrogens with zero attached hydrogens (tertiary/aromatic N) is 1. The van der Waals surface area contributed by atoms with Gasteiger partial charge in [0.1, 0.15) is 6.04 Å². The Morgan fingerprint density at radius 3 is 2.50 bits per heavy atom. The van der Waals surface area contributed by atoms with Crippen LogP contribution in [0.3, 0.4) is 0 Å². The van der Waals surface area contributed by atoms with Crippen molar-refractivity contribution in [2.75, 3.05) is 19.4 Å². The summed E-state index contributed by atoms with van der Waals surface area (Å²) in [4.78, 5) is 12.4. The number of aliphatic hydroxyl groups excluding tert-OH is 1. The minimum absolute atomic E-state index is 0.0790. The zero-order chi connectivity index (χ0) is 14.8. The second-order valence-corrected chi connectivity index (χ2v) is 7.96. The van der Waals surface area contributed by atoms with Gasteiger partial charge < -0.3 is 10.4 Å². The van der Waals surface area contributed by atoms with Gasteiger partial charge in [0.05, 0.1) is 18.4 Å². The lowest BCUT2D eigenvalue weighted by molar-refractivity contribution is -0.128. The molecule has 20 heavy (non-hydrogen) atoms. The molecule has 2 rings (SSSR count). The maximum Gasteiger partial charge on any atom is 0.238 e. The summed E-state index contributed by atoms with van der Waals surface area (Å²) in [6, 6.07) is -0.622. The predicted octanol–water partition coefficient (Wildman–Crippen LogP) is 0.222. The topological polar surface area (TPSA) is 86.7 Å². The molecule has 1 atom stereocenters. The molecule has 1 amide bonds. The molecule has 0 aromatic heterocycles. The van der Waals surface area contributed by atoms with E-state index < -0.39 is 21.6 Å². The Kier molecular flexibility index (Phi) is 4.71. The molecular weight excluding hydrogens is 280 g/mol. The lowest BCUT2D eigenvalue weighted by Gasteiger charge is -2.36. The third-order valence-electron chi connectivity index (χ3n) is 4.43. The number of piperidine rings is 1. The molecule has 2 fully saturated rings. The highest BCUT2D eigenvalue weighted by Gasteiger charge is 2.40. The Morgan fingerprint density at radius 2 is 1.95 bits per heavy atom. The second-order valence-electron chi connectivity index (χ2n) is 6.02. The van der Waals surface area contributed by atoms with Gasteiger partial charge in [0.25, 0.3) is 0 Å². The van der Waals surface area contributed by atoms with Crippen LogP contribution in [0.15, 0.2) is 0 Å². The first-order chi connectivity index (χ1) is 9.38. The largest absolute Gasteiger partial charge is 0.394 e. The van der Waals surface area contributed by atoms with Crippen molar-refractivity contribution in [1.29, 1.82) is 0 Å². The van der Waals surface area contributed by atoms with Gasteiger partial charge in [-0.25, -0.2) is 8.42 Å². The van der Waals surface area contributed by atoms with Crippen LogP contribution in [-0.4, -0.2) is 54.7 Å². The maximum atomic E-state index is 12.4. The molecular formula is C13H24N2O4S. The van der Waals surface area contributed by atoms with Crippen LogP contribution in [0.4, 0.5) is 0 Å². The lowest BCUT2D eigenvalue weighted by Crippen LogP contribution is -2.58. The van der Waals surface area contributed by atoms with E-state index in [2.05, 4.69) is 5.32 Å². The van der Waals surface area contributed by atoms with E-state index in [4.69, 9.17) is 0 Å². The standard InChI is InChI=1S/C13H24N2O4S/c1-20(18,19)15-9-5-2-6-11(15)12(17)14-13(10-16)7-3-4-8-13/h11,16H,2-10H2,1H3,(H,14,17). The van der Waals surface area contributed by atoms with Gasteiger partial charge in [-0.2, -0.15) is 4.31 Å². The van der Waals surface area contributed by atoms with Gasteiger partial charge in [0.2, 0.25) is 15.9 Å². The number of carbonyl (C=O) groups excluding carboxylic acids is 1. The van der Waals surface area contributed by atoms with E-state index in [-0.39, 0.29) is 12.5 Å². The zero-order valence-electron chi connectivity index (χ0n) is 12.0. The number of nitrogens with one attached hydrogen (secondary N) is 1. The number of hydrogen-bond donors (Lipinski definition) is 2. The molecule has 116 valence electrons. The molecule has 1 saturated carbocycles. The number of amides is 1. The molecule has 7 heteroatoms. The van der Waals surface area contributed by atoms with E-state index in [1.165, 1.54) is 4.31 Å². The lowest BCUT2D eigenvalue weighted by atomic mass is 9.96. The van der Waals surface area contributed by atoms with Crippen molar-refractivity contribution < 1.29 is 18.3 Å². The summed E-state index contributed by atoms with van der Waals surface area (Å²) in [5, 5.41) is 12.5. The summed E-state index contributed by atoms with van der Waals surface area (Å²) in [7, 11) is -3.37. The fourth-order valence-corrected chi connectivity index (χ4v) is 4.41. The molecule has 0 aromatic rings. The Morgan fingerprint density at radius 1 is 1.30 bits per heavy atom. The highest BCUT2D eigenvalue weighted by molar-refractivity contribution is 7.88. The third kappa shape index (κ3) is 3.32. The molecule has 0 bridgehead atoms. The molecule has 2 N–H and O–H groups in total. The summed E-state index contributed by atoms with van der Waals surface area (Å²) < 4.78 is 24.9. The summed E-state index contributed by atoms with van der Waals surface area (Å²) in [6.45, 7) is 0.327. The first-order valence-electron chi connectivity index (χ1n) is 7.28. The van der Waals surface area contributed by atoms with Gasteiger partial charge in [-0.1, -0.05) is 19.3 Å². The number of rotatable bonds is 4. The molecule has 0 radical (unpaired) electrons. The van der Waals surface area contributed by atoms with Gasteiger partial charge >= 0.3 is 0 Å². The van der Waals surface area contributed by atoms with Crippen molar-refractivity contribution >= 4 is 15.9 Å². The number of sulfonamides is 1. The molecule has 1 aliphatic heterocycles. The van der Waals surface area contributed by atoms with E-state index in [1.54, 1.807) is 0 Å². The fraction of sp³-hybridized carbons (Fsp3) is 0.923. The SMILES string of the molecule is CS(=O)(=O)N1CCCCC1C(=O)NC1(CO)CCCC1. The summed E-state index contributed by atoms with van der Waals surface area (Å²) in [5.41, 5.74) is -0.544. The van der Waals surface area contributed by atoms with E-state index in [1.807, 2.05) is 0 Å². The van der Waals surface area contributed by atoms with Gasteiger partial charge in [0.15, 0.2) is 0 Å². The smallest absolute Gasteiger partial charge is 0.238 e. The van der Waals surface area contributed by atoms with Gasteiger partial charge in [-0.05, 0) is 25.7 Å². The maximum absolute atomic E-state index is 12.4. The van der Waals surface area contributed by atoms with Crippen molar-refractivity contribution in [3.8, 4) is 0 Å². The minimum atomic E-state index is -3.37. The molecule has 0 spiro atoms. The highest BCUT2D eigenvalue weighted by atomic mass is 32.2. The molecule has 0 aromatic carbocycles. The third-order valence-corrected chi connectivity index (χ3v) is 5.72. The van der Waals surface area contributed by atoms with Crippen molar-refractivity contribution in [3.05, 3.63) is 0 Å². The van der Waals surface area contributed by atoms with Crippen LogP contribution in [0, 0.1) is 0 Å². The Bertz CT molecular complexity index is 457. The summed E-state index contributed by atoms with van der Waals surface area (Å²) in [5.74, 6) is -0.258.